The molecule has 0 saturated carbocycles. The van der Waals surface area contributed by atoms with Crippen molar-refractivity contribution < 1.29 is 37.6 Å². The molecular weight excluding hydrogens is 627 g/mol. The summed E-state index contributed by atoms with van der Waals surface area (Å²) in [6.07, 6.45) is 0.206. The van der Waals surface area contributed by atoms with E-state index in [4.69, 9.17) is 45.0 Å². The van der Waals surface area contributed by atoms with E-state index in [1.807, 2.05) is 53.4 Å². The van der Waals surface area contributed by atoms with Crippen LogP contribution in [0.3, 0.4) is 0 Å². The van der Waals surface area contributed by atoms with Crippen LogP contribution in [0.1, 0.15) is 31.9 Å². The number of hydrogen-bond donors (Lipinski definition) is 0. The first-order chi connectivity index (χ1) is 22.5. The predicted octanol–water partition coefficient (Wildman–Crippen LogP) is 7.02. The van der Waals surface area contributed by atoms with Crippen molar-refractivity contribution in [2.75, 3.05) is 25.7 Å². The van der Waals surface area contributed by atoms with Crippen molar-refractivity contribution in [3.63, 3.8) is 0 Å². The van der Waals surface area contributed by atoms with Crippen LogP contribution in [-0.4, -0.2) is 55.9 Å². The SMILES string of the molecule is COc1ccc(CN(Cc2ccc(OC)cc2)c2nc3cc(OCC4=C[C@H](OC(C)=O)[C@@H]5OC(C)(C)O[C@H]45)cc(F)c3cc2Cl)cc1. The predicted molar refractivity (Wildman–Crippen MR) is 176 cm³/mol. The molecule has 0 amide bonds. The van der Waals surface area contributed by atoms with Crippen molar-refractivity contribution in [1.82, 2.24) is 4.98 Å². The third-order valence-electron chi connectivity index (χ3n) is 8.06. The lowest BCUT2D eigenvalue weighted by Gasteiger charge is -2.26. The highest BCUT2D eigenvalue weighted by Crippen LogP contribution is 2.40. The number of rotatable bonds is 11. The number of nitrogens with zero attached hydrogens (tertiary/aromatic N) is 2. The molecule has 3 aromatic carbocycles. The van der Waals surface area contributed by atoms with Gasteiger partial charge in [-0.25, -0.2) is 9.37 Å². The molecule has 3 atom stereocenters. The highest BCUT2D eigenvalue weighted by molar-refractivity contribution is 6.33. The summed E-state index contributed by atoms with van der Waals surface area (Å²) in [6.45, 7) is 5.98. The molecule has 9 nitrogen and oxygen atoms in total. The molecule has 6 rings (SSSR count). The van der Waals surface area contributed by atoms with E-state index in [9.17, 15) is 4.79 Å². The van der Waals surface area contributed by atoms with E-state index in [0.29, 0.717) is 29.4 Å². The molecule has 246 valence electrons. The van der Waals surface area contributed by atoms with Crippen molar-refractivity contribution in [2.45, 2.75) is 58.0 Å². The fourth-order valence-electron chi connectivity index (χ4n) is 5.89. The van der Waals surface area contributed by atoms with Gasteiger partial charge in [-0.15, -0.1) is 0 Å². The second-order valence-electron chi connectivity index (χ2n) is 11.9. The number of pyridine rings is 1. The quantitative estimate of drug-likeness (QED) is 0.124. The van der Waals surface area contributed by atoms with E-state index in [1.165, 1.54) is 13.0 Å². The standard InChI is InChI=1S/C36H36ClFN2O7/c1-21(41)45-32-14-24(33-34(32)47-36(2,3)46-33)20-44-27-15-30(38)28-17-29(37)35(39-31(28)16-27)40(18-22-6-10-25(42-4)11-7-22)19-23-8-12-26(43-5)13-9-23/h6-17,32-34H,18-20H2,1-5H3/t32-,33+,34-/m0/s1. The van der Waals surface area contributed by atoms with Crippen LogP contribution >= 0.6 is 11.6 Å². The van der Waals surface area contributed by atoms with Crippen molar-refractivity contribution in [3.8, 4) is 17.2 Å². The van der Waals surface area contributed by atoms with Gasteiger partial charge in [0.1, 0.15) is 53.8 Å². The Morgan fingerprint density at radius 2 is 1.55 bits per heavy atom. The highest BCUT2D eigenvalue weighted by Gasteiger charge is 2.51. The minimum absolute atomic E-state index is 0.0742. The zero-order valence-electron chi connectivity index (χ0n) is 26.8. The lowest BCUT2D eigenvalue weighted by molar-refractivity contribution is -0.166. The van der Waals surface area contributed by atoms with Gasteiger partial charge in [-0.3, -0.25) is 4.79 Å². The third-order valence-corrected chi connectivity index (χ3v) is 8.34. The zero-order valence-corrected chi connectivity index (χ0v) is 27.5. The van der Waals surface area contributed by atoms with E-state index in [1.54, 1.807) is 46.3 Å². The number of methoxy groups -OCH3 is 2. The first-order valence-corrected chi connectivity index (χ1v) is 15.6. The summed E-state index contributed by atoms with van der Waals surface area (Å²) in [7, 11) is 3.25. The van der Waals surface area contributed by atoms with E-state index >= 15 is 4.39 Å². The Hall–Kier alpha value is -4.38. The van der Waals surface area contributed by atoms with Crippen LogP contribution in [0.25, 0.3) is 10.9 Å². The molecule has 4 aromatic rings. The third kappa shape index (κ3) is 7.30. The van der Waals surface area contributed by atoms with E-state index in [2.05, 4.69) is 0 Å². The van der Waals surface area contributed by atoms with E-state index in [-0.39, 0.29) is 17.7 Å². The van der Waals surface area contributed by atoms with Gasteiger partial charge in [-0.05, 0) is 67.0 Å². The van der Waals surface area contributed by atoms with E-state index in [0.717, 1.165) is 28.2 Å². The molecule has 0 unspecified atom stereocenters. The average molecular weight is 663 g/mol. The second-order valence-corrected chi connectivity index (χ2v) is 12.4. The topological polar surface area (TPSA) is 88.6 Å². The van der Waals surface area contributed by atoms with Crippen molar-refractivity contribution >= 4 is 34.3 Å². The number of fused-ring (bicyclic) bond motifs is 2. The molecule has 47 heavy (non-hydrogen) atoms. The number of hydrogen-bond acceptors (Lipinski definition) is 9. The van der Waals surface area contributed by atoms with Gasteiger partial charge in [-0.1, -0.05) is 35.9 Å². The maximum Gasteiger partial charge on any atom is 0.303 e. The number of carbonyl (C=O) groups is 1. The summed E-state index contributed by atoms with van der Waals surface area (Å²) in [5, 5.41) is 0.580. The fourth-order valence-corrected chi connectivity index (χ4v) is 6.16. The Kier molecular flexibility index (Phi) is 9.27. The van der Waals surface area contributed by atoms with Crippen LogP contribution in [-0.2, 0) is 32.1 Å². The van der Waals surface area contributed by atoms with Gasteiger partial charge in [0.05, 0.1) is 24.8 Å². The molecule has 11 heteroatoms. The maximum atomic E-state index is 15.5. The number of halogens is 2. The Morgan fingerprint density at radius 3 is 2.13 bits per heavy atom. The Balaban J connectivity index is 1.29. The minimum atomic E-state index is -0.856. The largest absolute Gasteiger partial charge is 0.497 e. The monoisotopic (exact) mass is 662 g/mol. The molecular formula is C36H36ClFN2O7. The molecule has 1 aliphatic carbocycles. The number of carbonyl (C=O) groups excluding carboxylic acids is 1. The number of benzene rings is 3. The smallest absolute Gasteiger partial charge is 0.303 e. The van der Waals surface area contributed by atoms with Crippen LogP contribution in [0.5, 0.6) is 17.2 Å². The van der Waals surface area contributed by atoms with Crippen molar-refractivity contribution in [3.05, 3.63) is 100 Å². The van der Waals surface area contributed by atoms with Crippen molar-refractivity contribution in [2.24, 2.45) is 0 Å². The number of esters is 1. The molecule has 0 spiro atoms. The van der Waals surface area contributed by atoms with Gasteiger partial charge in [0, 0.05) is 37.5 Å². The van der Waals surface area contributed by atoms with Gasteiger partial charge < -0.3 is 33.3 Å². The fraction of sp³-hybridized carbons (Fsp3) is 0.333. The zero-order chi connectivity index (χ0) is 33.3. The maximum absolute atomic E-state index is 15.5. The normalized spacial score (nSPS) is 19.6. The summed E-state index contributed by atoms with van der Waals surface area (Å²) < 4.78 is 49.7. The lowest BCUT2D eigenvalue weighted by Crippen LogP contribution is -2.32. The minimum Gasteiger partial charge on any atom is -0.497 e. The first kappa shape index (κ1) is 32.6. The van der Waals surface area contributed by atoms with E-state index < -0.39 is 35.9 Å². The molecule has 2 heterocycles. The highest BCUT2D eigenvalue weighted by atomic mass is 35.5. The van der Waals surface area contributed by atoms with Gasteiger partial charge in [0.15, 0.2) is 5.79 Å². The summed E-state index contributed by atoms with van der Waals surface area (Å²) in [6, 6.07) is 20.1. The summed E-state index contributed by atoms with van der Waals surface area (Å²) in [5.74, 6) is 0.471. The molecule has 0 radical (unpaired) electrons. The number of anilines is 1. The summed E-state index contributed by atoms with van der Waals surface area (Å²) in [5.41, 5.74) is 3.14. The van der Waals surface area contributed by atoms with Crippen LogP contribution in [0.4, 0.5) is 10.2 Å². The molecule has 0 bridgehead atoms. The van der Waals surface area contributed by atoms with Crippen LogP contribution in [0.2, 0.25) is 5.02 Å². The van der Waals surface area contributed by atoms with Gasteiger partial charge in [0.25, 0.3) is 0 Å². The average Bonchev–Trinajstić information content (AvgIpc) is 3.52. The molecule has 0 N–H and O–H groups in total. The van der Waals surface area contributed by atoms with Crippen molar-refractivity contribution in [1.29, 1.82) is 0 Å². The van der Waals surface area contributed by atoms with Gasteiger partial charge >= 0.3 is 5.97 Å². The Morgan fingerprint density at radius 1 is 0.936 bits per heavy atom. The Labute approximate surface area is 277 Å². The van der Waals surface area contributed by atoms with Gasteiger partial charge in [0.2, 0.25) is 0 Å². The molecule has 1 aliphatic heterocycles. The van der Waals surface area contributed by atoms with Crippen LogP contribution in [0, 0.1) is 5.82 Å². The van der Waals surface area contributed by atoms with Crippen LogP contribution in [0.15, 0.2) is 78.4 Å². The van der Waals surface area contributed by atoms with Crippen LogP contribution < -0.4 is 19.1 Å². The summed E-state index contributed by atoms with van der Waals surface area (Å²) in [4.78, 5) is 18.6. The molecule has 1 fully saturated rings. The lowest BCUT2D eigenvalue weighted by atomic mass is 10.1. The number of ether oxygens (including phenoxy) is 6. The second kappa shape index (κ2) is 13.4. The molecule has 1 saturated heterocycles. The molecule has 2 aliphatic rings. The first-order valence-electron chi connectivity index (χ1n) is 15.2. The van der Waals surface area contributed by atoms with Gasteiger partial charge in [-0.2, -0.15) is 0 Å². The molecule has 1 aromatic heterocycles. The number of aromatic nitrogens is 1. The Bertz CT molecular complexity index is 1750. The summed E-state index contributed by atoms with van der Waals surface area (Å²) >= 11 is 6.80.